The van der Waals surface area contributed by atoms with Gasteiger partial charge in [0.25, 0.3) is 0 Å². The van der Waals surface area contributed by atoms with E-state index in [0.29, 0.717) is 11.4 Å². The minimum absolute atomic E-state index is 0.0296. The van der Waals surface area contributed by atoms with Gasteiger partial charge in [0.05, 0.1) is 24.4 Å². The molecule has 0 bridgehead atoms. The molecule has 5 rings (SSSR count). The van der Waals surface area contributed by atoms with E-state index in [1.807, 2.05) is 0 Å². The summed E-state index contributed by atoms with van der Waals surface area (Å²) in [5, 5.41) is 7.54. The molecule has 0 aliphatic carbocycles. The lowest BCUT2D eigenvalue weighted by Crippen LogP contribution is -2.76. The number of esters is 2. The Kier molecular flexibility index (Phi) is 9.71. The van der Waals surface area contributed by atoms with E-state index in [2.05, 4.69) is 21.5 Å². The third-order valence-corrected chi connectivity index (χ3v) is 8.20. The van der Waals surface area contributed by atoms with Crippen LogP contribution in [0.1, 0.15) is 38.1 Å². The first-order valence-corrected chi connectivity index (χ1v) is 15.5. The molecule has 49 heavy (non-hydrogen) atoms. The van der Waals surface area contributed by atoms with Crippen molar-refractivity contribution in [1.82, 2.24) is 20.9 Å². The summed E-state index contributed by atoms with van der Waals surface area (Å²) in [5.74, 6) is -5.16. The number of anilines is 2. The molecular formula is C35H37N7O7. The van der Waals surface area contributed by atoms with Crippen molar-refractivity contribution in [2.24, 2.45) is 11.1 Å². The zero-order valence-electron chi connectivity index (χ0n) is 27.4. The van der Waals surface area contributed by atoms with E-state index in [0.717, 1.165) is 10.0 Å². The molecule has 2 heterocycles. The number of nitrogens with two attached hydrogens (primary N) is 1. The minimum Gasteiger partial charge on any atom is -0.463 e. The molecule has 0 unspecified atom stereocenters. The molecule has 14 nitrogen and oxygen atoms in total. The van der Waals surface area contributed by atoms with Crippen molar-refractivity contribution in [3.8, 4) is 0 Å². The topological polar surface area (TPSA) is 184 Å². The van der Waals surface area contributed by atoms with Crippen LogP contribution in [0.25, 0.3) is 0 Å². The number of nitrogens with zero attached hydrogens (tertiary/aromatic N) is 2. The predicted molar refractivity (Wildman–Crippen MR) is 180 cm³/mol. The SMILES string of the molecule is CCOC(=O)C1=C(C)N(NC(=O)Nc2ccccc2)C2(N)N(NC(=O)Nc3ccccc3)C(C)=C(C(=O)OCC)C12C(=O)c1ccccc1. The van der Waals surface area contributed by atoms with Crippen molar-refractivity contribution < 1.29 is 33.4 Å². The summed E-state index contributed by atoms with van der Waals surface area (Å²) in [6.07, 6.45) is 0. The number of para-hydroxylation sites is 2. The molecule has 0 spiro atoms. The second kappa shape index (κ2) is 13.9. The van der Waals surface area contributed by atoms with E-state index in [9.17, 15) is 19.2 Å². The Morgan fingerprint density at radius 1 is 0.633 bits per heavy atom. The second-order valence-corrected chi connectivity index (χ2v) is 11.1. The van der Waals surface area contributed by atoms with Gasteiger partial charge in [-0.05, 0) is 52.0 Å². The van der Waals surface area contributed by atoms with Gasteiger partial charge in [0.2, 0.25) is 5.79 Å². The number of amides is 4. The van der Waals surface area contributed by atoms with E-state index in [1.165, 1.54) is 26.0 Å². The normalized spacial score (nSPS) is 19.6. The quantitative estimate of drug-likeness (QED) is 0.155. The maximum atomic E-state index is 15.2. The van der Waals surface area contributed by atoms with Crippen LogP contribution in [0.4, 0.5) is 21.0 Å². The largest absolute Gasteiger partial charge is 0.463 e. The number of ketones is 1. The number of carbonyl (C=O) groups excluding carboxylic acids is 5. The van der Waals surface area contributed by atoms with Crippen molar-refractivity contribution in [3.05, 3.63) is 119 Å². The van der Waals surface area contributed by atoms with Crippen LogP contribution >= 0.6 is 0 Å². The van der Waals surface area contributed by atoms with Crippen molar-refractivity contribution in [3.63, 3.8) is 0 Å². The smallest absolute Gasteiger partial charge is 0.338 e. The number of allylic oxidation sites excluding steroid dienone is 2. The Hall–Kier alpha value is -6.15. The number of Topliss-reactive ketones (excluding diaryl/α,β-unsaturated/α-hetero) is 1. The molecule has 14 heteroatoms. The van der Waals surface area contributed by atoms with Gasteiger partial charge in [0.1, 0.15) is 0 Å². The van der Waals surface area contributed by atoms with Crippen LogP contribution in [0.2, 0.25) is 0 Å². The van der Waals surface area contributed by atoms with Crippen molar-refractivity contribution >= 4 is 41.2 Å². The van der Waals surface area contributed by atoms with Crippen molar-refractivity contribution in [1.29, 1.82) is 0 Å². The lowest BCUT2D eigenvalue weighted by atomic mass is 9.66. The first-order chi connectivity index (χ1) is 23.5. The van der Waals surface area contributed by atoms with Gasteiger partial charge in [-0.3, -0.25) is 10.5 Å². The van der Waals surface area contributed by atoms with E-state index >= 15 is 4.79 Å². The Labute approximate surface area is 282 Å². The number of hydrazine groups is 2. The number of nitrogens with one attached hydrogen (secondary N) is 4. The van der Waals surface area contributed by atoms with E-state index < -0.39 is 41.0 Å². The highest BCUT2D eigenvalue weighted by Crippen LogP contribution is 2.61. The first-order valence-electron chi connectivity index (χ1n) is 15.5. The molecule has 2 aliphatic heterocycles. The number of hydrogen-bond donors (Lipinski definition) is 5. The molecule has 3 aromatic carbocycles. The molecule has 0 saturated heterocycles. The van der Waals surface area contributed by atoms with Gasteiger partial charge in [-0.1, -0.05) is 66.7 Å². The molecule has 2 aliphatic rings. The molecule has 6 N–H and O–H groups in total. The number of carbonyl (C=O) groups is 5. The summed E-state index contributed by atoms with van der Waals surface area (Å²) >= 11 is 0. The van der Waals surface area contributed by atoms with Gasteiger partial charge in [-0.2, -0.15) is 0 Å². The maximum absolute atomic E-state index is 15.2. The number of ether oxygens (including phenoxy) is 2. The van der Waals surface area contributed by atoms with Crippen LogP contribution in [0.3, 0.4) is 0 Å². The maximum Gasteiger partial charge on any atom is 0.338 e. The molecule has 4 amide bonds. The molecule has 3 aromatic rings. The lowest BCUT2D eigenvalue weighted by Gasteiger charge is -2.48. The fourth-order valence-corrected chi connectivity index (χ4v) is 6.32. The number of urea groups is 2. The Bertz CT molecular complexity index is 1730. The molecular weight excluding hydrogens is 630 g/mol. The second-order valence-electron chi connectivity index (χ2n) is 11.1. The summed E-state index contributed by atoms with van der Waals surface area (Å²) in [7, 11) is 0. The van der Waals surface area contributed by atoms with Crippen molar-refractivity contribution in [2.45, 2.75) is 33.5 Å². The monoisotopic (exact) mass is 667 g/mol. The lowest BCUT2D eigenvalue weighted by molar-refractivity contribution is -0.142. The standard InChI is InChI=1S/C35H37N7O7/c1-5-48-30(44)27-22(3)41(39-32(46)37-25-18-12-8-13-19-25)35(36)34(27,29(43)24-16-10-7-11-17-24)28(31(45)49-6-2)23(4)42(35)40-33(47)38-26-20-14-9-15-21-26/h7-21H,5-6,36H2,1-4H3,(H2,37,39,46)(H2,38,40,47). The van der Waals surface area contributed by atoms with Crippen LogP contribution in [0.15, 0.2) is 114 Å². The van der Waals surface area contributed by atoms with Crippen LogP contribution in [-0.4, -0.2) is 58.8 Å². The van der Waals surface area contributed by atoms with Crippen molar-refractivity contribution in [2.75, 3.05) is 23.8 Å². The number of rotatable bonds is 10. The number of hydrogen-bond acceptors (Lipinski definition) is 10. The van der Waals surface area contributed by atoms with E-state index in [1.54, 1.807) is 92.7 Å². The molecule has 254 valence electrons. The van der Waals surface area contributed by atoms with E-state index in [4.69, 9.17) is 15.2 Å². The Morgan fingerprint density at radius 3 is 1.37 bits per heavy atom. The van der Waals surface area contributed by atoms with E-state index in [-0.39, 0.29) is 41.3 Å². The summed E-state index contributed by atoms with van der Waals surface area (Å²) in [6.45, 7) is 5.87. The summed E-state index contributed by atoms with van der Waals surface area (Å²) in [5.41, 5.74) is 10.5. The number of fused-ring (bicyclic) bond motifs is 1. The fourth-order valence-electron chi connectivity index (χ4n) is 6.32. The first kappa shape index (κ1) is 34.2. The Balaban J connectivity index is 1.76. The zero-order chi connectivity index (χ0) is 35.3. The third-order valence-electron chi connectivity index (χ3n) is 8.20. The number of benzene rings is 3. The van der Waals surface area contributed by atoms with Gasteiger partial charge < -0.3 is 20.1 Å². The van der Waals surface area contributed by atoms with Crippen LogP contribution in [0, 0.1) is 5.41 Å². The highest BCUT2D eigenvalue weighted by Gasteiger charge is 2.77. The summed E-state index contributed by atoms with van der Waals surface area (Å²) in [6, 6.07) is 23.3. The van der Waals surface area contributed by atoms with Gasteiger partial charge >= 0.3 is 24.0 Å². The van der Waals surface area contributed by atoms with Crippen LogP contribution in [-0.2, 0) is 19.1 Å². The average molecular weight is 668 g/mol. The minimum atomic E-state index is -2.43. The van der Waals surface area contributed by atoms with Crippen LogP contribution in [0.5, 0.6) is 0 Å². The predicted octanol–water partition coefficient (Wildman–Crippen LogP) is 4.25. The Morgan fingerprint density at radius 2 is 1.00 bits per heavy atom. The fraction of sp³-hybridized carbons (Fsp3) is 0.229. The van der Waals surface area contributed by atoms with Gasteiger partial charge in [0.15, 0.2) is 11.2 Å². The molecule has 0 saturated carbocycles. The van der Waals surface area contributed by atoms with Gasteiger partial charge in [-0.25, -0.2) is 40.0 Å². The highest BCUT2D eigenvalue weighted by atomic mass is 16.5. The molecule has 0 aromatic heterocycles. The summed E-state index contributed by atoms with van der Waals surface area (Å²) < 4.78 is 11.0. The highest BCUT2D eigenvalue weighted by molar-refractivity contribution is 6.18. The third kappa shape index (κ3) is 5.82. The zero-order valence-corrected chi connectivity index (χ0v) is 27.4. The summed E-state index contributed by atoms with van der Waals surface area (Å²) in [4.78, 5) is 70.5. The molecule has 0 atom stereocenters. The van der Waals surface area contributed by atoms with Gasteiger partial charge in [-0.15, -0.1) is 0 Å². The van der Waals surface area contributed by atoms with Crippen LogP contribution < -0.4 is 27.2 Å². The molecule has 0 radical (unpaired) electrons. The average Bonchev–Trinajstić information content (AvgIpc) is 3.40. The van der Waals surface area contributed by atoms with Gasteiger partial charge in [0, 0.05) is 28.3 Å². The molecule has 0 fully saturated rings.